The van der Waals surface area contributed by atoms with Crippen molar-refractivity contribution >= 4 is 29.5 Å². The highest BCUT2D eigenvalue weighted by atomic mass is 16.6. The Hall–Kier alpha value is -4.13. The largest absolute Gasteiger partial charge is 0.302 e. The number of nitrogens with zero attached hydrogens (tertiary/aromatic N) is 2. The van der Waals surface area contributed by atoms with E-state index >= 15 is 0 Å². The van der Waals surface area contributed by atoms with E-state index in [2.05, 4.69) is 0 Å². The van der Waals surface area contributed by atoms with Gasteiger partial charge in [0.15, 0.2) is 0 Å². The summed E-state index contributed by atoms with van der Waals surface area (Å²) in [5, 5.41) is 11.3. The average molecular weight is 424 g/mol. The van der Waals surface area contributed by atoms with E-state index < -0.39 is 34.0 Å². The van der Waals surface area contributed by atoms with E-state index in [0.29, 0.717) is 0 Å². The van der Waals surface area contributed by atoms with Gasteiger partial charge in [0, 0.05) is 18.1 Å². The van der Waals surface area contributed by atoms with Crippen LogP contribution in [-0.4, -0.2) is 23.0 Å². The van der Waals surface area contributed by atoms with Gasteiger partial charge in [-0.2, -0.15) is 0 Å². The van der Waals surface area contributed by atoms with Gasteiger partial charge in [-0.25, -0.2) is 4.90 Å². The molecule has 0 aromatic heterocycles. The molecule has 1 fully saturated rings. The minimum Gasteiger partial charge on any atom is -0.302 e. The van der Waals surface area contributed by atoms with Crippen LogP contribution in [-0.2, 0) is 19.8 Å². The molecule has 3 aromatic carbocycles. The lowest BCUT2D eigenvalue weighted by Gasteiger charge is -2.51. The Morgan fingerprint density at radius 2 is 1.50 bits per heavy atom. The van der Waals surface area contributed by atoms with Gasteiger partial charge in [0.1, 0.15) is 6.29 Å². The van der Waals surface area contributed by atoms with Gasteiger partial charge in [0.05, 0.1) is 27.9 Å². The lowest BCUT2D eigenvalue weighted by molar-refractivity contribution is -0.384. The number of hydrogen-bond donors (Lipinski definition) is 0. The monoisotopic (exact) mass is 424 g/mol. The number of non-ortho nitro benzene ring substituents is 1. The van der Waals surface area contributed by atoms with Crippen LogP contribution in [0, 0.1) is 22.0 Å². The third-order valence-corrected chi connectivity index (χ3v) is 7.17. The molecule has 3 aromatic rings. The van der Waals surface area contributed by atoms with E-state index in [1.165, 1.54) is 24.3 Å². The number of benzene rings is 3. The molecule has 2 atom stereocenters. The molecule has 3 aliphatic carbocycles. The van der Waals surface area contributed by atoms with Crippen LogP contribution in [0.2, 0.25) is 0 Å². The van der Waals surface area contributed by atoms with Gasteiger partial charge in [-0.1, -0.05) is 54.6 Å². The molecule has 1 saturated heterocycles. The highest BCUT2D eigenvalue weighted by Gasteiger charge is 2.68. The predicted molar refractivity (Wildman–Crippen MR) is 114 cm³/mol. The summed E-state index contributed by atoms with van der Waals surface area (Å²) in [4.78, 5) is 52.1. The molecule has 0 radical (unpaired) electrons. The Bertz CT molecular complexity index is 1320. The van der Waals surface area contributed by atoms with Crippen LogP contribution in [0.4, 0.5) is 11.4 Å². The molecule has 32 heavy (non-hydrogen) atoms. The van der Waals surface area contributed by atoms with Crippen molar-refractivity contribution in [2.24, 2.45) is 11.8 Å². The van der Waals surface area contributed by atoms with Crippen LogP contribution in [0.3, 0.4) is 0 Å². The smallest absolute Gasteiger partial charge is 0.271 e. The Morgan fingerprint density at radius 1 is 0.875 bits per heavy atom. The molecule has 7 heteroatoms. The minimum absolute atomic E-state index is 0.150. The third-order valence-electron chi connectivity index (χ3n) is 7.17. The lowest BCUT2D eigenvalue weighted by Crippen LogP contribution is -2.54. The van der Waals surface area contributed by atoms with Gasteiger partial charge in [0.2, 0.25) is 11.8 Å². The fraction of sp³-hybridized carbons (Fsp3) is 0.160. The molecule has 7 nitrogen and oxygen atoms in total. The molecule has 4 aliphatic rings. The van der Waals surface area contributed by atoms with Crippen LogP contribution in [0.1, 0.15) is 28.2 Å². The number of aldehydes is 1. The van der Waals surface area contributed by atoms with E-state index in [1.807, 2.05) is 48.5 Å². The molecule has 1 heterocycles. The van der Waals surface area contributed by atoms with Gasteiger partial charge in [0.25, 0.3) is 5.69 Å². The van der Waals surface area contributed by atoms with Gasteiger partial charge in [-0.15, -0.1) is 0 Å². The summed E-state index contributed by atoms with van der Waals surface area (Å²) in [6, 6.07) is 20.4. The molecule has 0 unspecified atom stereocenters. The first-order valence-corrected chi connectivity index (χ1v) is 10.3. The fourth-order valence-electron chi connectivity index (χ4n) is 6.03. The molecule has 156 valence electrons. The number of nitro groups is 1. The molecule has 0 saturated carbocycles. The number of carbonyl (C=O) groups excluding carboxylic acids is 3. The molecule has 1 aliphatic heterocycles. The maximum absolute atomic E-state index is 13.8. The number of imide groups is 1. The summed E-state index contributed by atoms with van der Waals surface area (Å²) in [5.74, 6) is -2.95. The number of carbonyl (C=O) groups is 3. The Kier molecular flexibility index (Phi) is 3.61. The van der Waals surface area contributed by atoms with Crippen molar-refractivity contribution in [3.8, 4) is 0 Å². The number of anilines is 1. The molecule has 0 spiro atoms. The summed E-state index contributed by atoms with van der Waals surface area (Å²) in [6.45, 7) is 0. The summed E-state index contributed by atoms with van der Waals surface area (Å²) >= 11 is 0. The third kappa shape index (κ3) is 2.03. The molecule has 2 amide bonds. The minimum atomic E-state index is -1.28. The number of amides is 2. The molecular weight excluding hydrogens is 408 g/mol. The molecular formula is C25H16N2O5. The topological polar surface area (TPSA) is 97.6 Å². The fourth-order valence-corrected chi connectivity index (χ4v) is 6.03. The molecule has 7 rings (SSSR count). The van der Waals surface area contributed by atoms with Crippen molar-refractivity contribution < 1.29 is 19.3 Å². The maximum atomic E-state index is 13.8. The van der Waals surface area contributed by atoms with Crippen molar-refractivity contribution in [3.05, 3.63) is 105 Å². The SMILES string of the molecule is O=CC12c3ccccc3C(c3ccccc31)[C@H]1C(=O)N(c3cccc([N+](=O)[O-])c3)C(=O)[C@@H]12. The number of nitro benzene ring substituents is 1. The van der Waals surface area contributed by atoms with Crippen LogP contribution in [0.25, 0.3) is 0 Å². The highest BCUT2D eigenvalue weighted by molar-refractivity contribution is 6.25. The molecule has 2 bridgehead atoms. The van der Waals surface area contributed by atoms with Crippen molar-refractivity contribution in [2.75, 3.05) is 4.90 Å². The van der Waals surface area contributed by atoms with Crippen LogP contribution >= 0.6 is 0 Å². The second-order valence-electron chi connectivity index (χ2n) is 8.43. The van der Waals surface area contributed by atoms with Gasteiger partial charge in [-0.05, 0) is 28.3 Å². The van der Waals surface area contributed by atoms with E-state index in [4.69, 9.17) is 0 Å². The first kappa shape index (κ1) is 18.6. The normalized spacial score (nSPS) is 27.0. The second kappa shape index (κ2) is 6.20. The zero-order valence-electron chi connectivity index (χ0n) is 16.7. The summed E-state index contributed by atoms with van der Waals surface area (Å²) in [6.07, 6.45) is 0.805. The Morgan fingerprint density at radius 3 is 2.09 bits per heavy atom. The zero-order valence-corrected chi connectivity index (χ0v) is 16.7. The Labute approximate surface area is 182 Å². The summed E-state index contributed by atoms with van der Waals surface area (Å²) in [7, 11) is 0. The van der Waals surface area contributed by atoms with E-state index in [0.717, 1.165) is 33.4 Å². The first-order valence-electron chi connectivity index (χ1n) is 10.3. The lowest BCUT2D eigenvalue weighted by atomic mass is 9.48. The maximum Gasteiger partial charge on any atom is 0.271 e. The van der Waals surface area contributed by atoms with Crippen molar-refractivity contribution in [3.63, 3.8) is 0 Å². The van der Waals surface area contributed by atoms with Crippen LogP contribution in [0.15, 0.2) is 72.8 Å². The standard InChI is InChI=1S/C25H16N2O5/c28-13-25-18-10-3-1-8-16(18)20(17-9-2-4-11-19(17)25)21-22(25)24(30)26(23(21)29)14-6-5-7-15(12-14)27(31)32/h1-13,20-22H/t20?,21-,22-,25?/m1/s1. The average Bonchev–Trinajstić information content (AvgIpc) is 3.10. The Balaban J connectivity index is 1.61. The van der Waals surface area contributed by atoms with Crippen molar-refractivity contribution in [1.29, 1.82) is 0 Å². The summed E-state index contributed by atoms with van der Waals surface area (Å²) < 4.78 is 0. The first-order chi connectivity index (χ1) is 15.5. The molecule has 0 N–H and O–H groups in total. The number of hydrogen-bond acceptors (Lipinski definition) is 5. The number of rotatable bonds is 3. The van der Waals surface area contributed by atoms with E-state index in [9.17, 15) is 24.5 Å². The quantitative estimate of drug-likeness (QED) is 0.278. The van der Waals surface area contributed by atoms with E-state index in [-0.39, 0.29) is 17.3 Å². The van der Waals surface area contributed by atoms with Crippen LogP contribution < -0.4 is 4.90 Å². The zero-order chi connectivity index (χ0) is 22.2. The van der Waals surface area contributed by atoms with Crippen molar-refractivity contribution in [2.45, 2.75) is 11.3 Å². The van der Waals surface area contributed by atoms with E-state index in [1.54, 1.807) is 0 Å². The second-order valence-corrected chi connectivity index (χ2v) is 8.43. The summed E-state index contributed by atoms with van der Waals surface area (Å²) in [5.41, 5.74) is 1.91. The highest BCUT2D eigenvalue weighted by Crippen LogP contribution is 2.63. The van der Waals surface area contributed by atoms with Crippen LogP contribution in [0.5, 0.6) is 0 Å². The van der Waals surface area contributed by atoms with Crippen molar-refractivity contribution in [1.82, 2.24) is 0 Å². The van der Waals surface area contributed by atoms with Gasteiger partial charge >= 0.3 is 0 Å². The predicted octanol–water partition coefficient (Wildman–Crippen LogP) is 3.34. The van der Waals surface area contributed by atoms with Gasteiger partial charge in [-0.3, -0.25) is 19.7 Å². The van der Waals surface area contributed by atoms with Gasteiger partial charge < -0.3 is 4.79 Å².